The molecule has 0 aliphatic rings. The third-order valence-electron chi connectivity index (χ3n) is 5.86. The molecule has 0 bridgehead atoms. The van der Waals surface area contributed by atoms with Gasteiger partial charge in [0.1, 0.15) is 5.82 Å². The van der Waals surface area contributed by atoms with Crippen LogP contribution < -0.4 is 5.56 Å². The van der Waals surface area contributed by atoms with Crippen molar-refractivity contribution in [3.63, 3.8) is 0 Å². The van der Waals surface area contributed by atoms with Crippen LogP contribution in [0.15, 0.2) is 90.1 Å². The molecule has 0 fully saturated rings. The number of fused-ring (bicyclic) bond motifs is 1. The van der Waals surface area contributed by atoms with Crippen LogP contribution in [-0.4, -0.2) is 18.9 Å². The third-order valence-corrected chi connectivity index (χ3v) is 5.86. The van der Waals surface area contributed by atoms with Crippen molar-refractivity contribution in [1.29, 1.82) is 0 Å². The third kappa shape index (κ3) is 4.07. The smallest absolute Gasteiger partial charge is 0.267 e. The SMILES string of the molecule is Cc1cn2c(=O)c(-c3ccc(F)cc3)c(-c3ccncc3)nc2n1CCCc1ccccc1. The van der Waals surface area contributed by atoms with Gasteiger partial charge in [0.25, 0.3) is 5.56 Å². The Bertz CT molecular complexity index is 1460. The number of pyridine rings is 1. The standard InChI is InChI=1S/C27H23FN4O/c1-19-18-32-26(33)24(21-9-11-23(28)12-10-21)25(22-13-15-29-16-14-22)30-27(32)31(19)17-5-8-20-6-3-2-4-7-20/h2-4,6-7,9-16,18H,5,8,17H2,1H3. The van der Waals surface area contributed by atoms with Gasteiger partial charge in [0, 0.05) is 36.4 Å². The molecule has 6 heteroatoms. The number of nitrogens with zero attached hydrogens (tertiary/aromatic N) is 4. The summed E-state index contributed by atoms with van der Waals surface area (Å²) in [4.78, 5) is 22.7. The zero-order valence-electron chi connectivity index (χ0n) is 18.3. The summed E-state index contributed by atoms with van der Waals surface area (Å²) in [6.07, 6.45) is 7.06. The van der Waals surface area contributed by atoms with Crippen LogP contribution in [0, 0.1) is 12.7 Å². The Morgan fingerprint density at radius 2 is 1.64 bits per heavy atom. The van der Waals surface area contributed by atoms with Gasteiger partial charge in [-0.25, -0.2) is 9.37 Å². The fourth-order valence-electron chi connectivity index (χ4n) is 4.20. The number of halogens is 1. The predicted molar refractivity (Wildman–Crippen MR) is 128 cm³/mol. The summed E-state index contributed by atoms with van der Waals surface area (Å²) < 4.78 is 17.3. The lowest BCUT2D eigenvalue weighted by Gasteiger charge is -2.12. The van der Waals surface area contributed by atoms with E-state index < -0.39 is 0 Å². The van der Waals surface area contributed by atoms with E-state index in [9.17, 15) is 9.18 Å². The molecule has 0 unspecified atom stereocenters. The first-order valence-electron chi connectivity index (χ1n) is 10.9. The number of imidazole rings is 1. The number of rotatable bonds is 6. The van der Waals surface area contributed by atoms with E-state index in [0.717, 1.165) is 30.6 Å². The van der Waals surface area contributed by atoms with Gasteiger partial charge in [0.2, 0.25) is 5.78 Å². The summed E-state index contributed by atoms with van der Waals surface area (Å²) in [5, 5.41) is 0. The summed E-state index contributed by atoms with van der Waals surface area (Å²) in [7, 11) is 0. The molecule has 0 aliphatic carbocycles. The summed E-state index contributed by atoms with van der Waals surface area (Å²) in [6.45, 7) is 2.73. The van der Waals surface area contributed by atoms with E-state index >= 15 is 0 Å². The number of aromatic nitrogens is 4. The Balaban J connectivity index is 1.63. The second-order valence-corrected chi connectivity index (χ2v) is 8.06. The second kappa shape index (κ2) is 8.82. The van der Waals surface area contributed by atoms with Crippen molar-refractivity contribution >= 4 is 5.78 Å². The summed E-state index contributed by atoms with van der Waals surface area (Å²) in [6, 6.07) is 20.0. The predicted octanol–water partition coefficient (Wildman–Crippen LogP) is 5.31. The molecule has 0 saturated carbocycles. The van der Waals surface area contributed by atoms with Crippen molar-refractivity contribution in [3.8, 4) is 22.4 Å². The first-order chi connectivity index (χ1) is 16.1. The minimum absolute atomic E-state index is 0.177. The largest absolute Gasteiger partial charge is 0.314 e. The molecule has 0 atom stereocenters. The maximum atomic E-state index is 13.7. The Kier molecular flexibility index (Phi) is 5.57. The highest BCUT2D eigenvalue weighted by atomic mass is 19.1. The van der Waals surface area contributed by atoms with Crippen LogP contribution in [-0.2, 0) is 13.0 Å². The van der Waals surface area contributed by atoms with Crippen molar-refractivity contribution in [2.45, 2.75) is 26.3 Å². The Labute approximate surface area is 190 Å². The van der Waals surface area contributed by atoms with Gasteiger partial charge in [-0.05, 0) is 55.2 Å². The second-order valence-electron chi connectivity index (χ2n) is 8.06. The number of aryl methyl sites for hydroxylation is 3. The van der Waals surface area contributed by atoms with Crippen LogP contribution in [0.4, 0.5) is 4.39 Å². The first kappa shape index (κ1) is 20.8. The quantitative estimate of drug-likeness (QED) is 0.361. The average Bonchev–Trinajstić information content (AvgIpc) is 3.16. The molecule has 5 aromatic rings. The van der Waals surface area contributed by atoms with Crippen molar-refractivity contribution in [2.75, 3.05) is 0 Å². The Morgan fingerprint density at radius 1 is 0.909 bits per heavy atom. The van der Waals surface area contributed by atoms with Crippen LogP contribution in [0.2, 0.25) is 0 Å². The van der Waals surface area contributed by atoms with Gasteiger partial charge in [-0.1, -0.05) is 42.5 Å². The average molecular weight is 439 g/mol. The van der Waals surface area contributed by atoms with Crippen LogP contribution in [0.3, 0.4) is 0 Å². The molecule has 0 spiro atoms. The molecular weight excluding hydrogens is 415 g/mol. The van der Waals surface area contributed by atoms with Gasteiger partial charge < -0.3 is 4.57 Å². The maximum Gasteiger partial charge on any atom is 0.267 e. The number of hydrogen-bond acceptors (Lipinski definition) is 3. The molecule has 5 rings (SSSR count). The molecule has 33 heavy (non-hydrogen) atoms. The van der Waals surface area contributed by atoms with Crippen LogP contribution in [0.25, 0.3) is 28.2 Å². The van der Waals surface area contributed by atoms with Crippen molar-refractivity contribution in [1.82, 2.24) is 18.9 Å². The molecule has 0 aliphatic heterocycles. The highest BCUT2D eigenvalue weighted by Crippen LogP contribution is 2.28. The molecule has 3 aromatic heterocycles. The molecule has 3 heterocycles. The Hall–Kier alpha value is -4.06. The van der Waals surface area contributed by atoms with Gasteiger partial charge in [0.05, 0.1) is 11.3 Å². The maximum absolute atomic E-state index is 13.7. The van der Waals surface area contributed by atoms with Crippen molar-refractivity contribution in [3.05, 3.63) is 113 Å². The molecule has 0 radical (unpaired) electrons. The molecule has 164 valence electrons. The summed E-state index contributed by atoms with van der Waals surface area (Å²) >= 11 is 0. The summed E-state index contributed by atoms with van der Waals surface area (Å²) in [5.74, 6) is 0.252. The highest BCUT2D eigenvalue weighted by Gasteiger charge is 2.19. The van der Waals surface area contributed by atoms with Gasteiger partial charge >= 0.3 is 0 Å². The first-order valence-corrected chi connectivity index (χ1v) is 10.9. The van der Waals surface area contributed by atoms with Crippen molar-refractivity contribution < 1.29 is 4.39 Å². The van der Waals surface area contributed by atoms with E-state index in [1.807, 2.05) is 43.5 Å². The van der Waals surface area contributed by atoms with Crippen molar-refractivity contribution in [2.24, 2.45) is 0 Å². The number of hydrogen-bond donors (Lipinski definition) is 0. The summed E-state index contributed by atoms with van der Waals surface area (Å²) in [5.41, 5.74) is 4.50. The molecule has 0 N–H and O–H groups in total. The lowest BCUT2D eigenvalue weighted by atomic mass is 10.0. The monoisotopic (exact) mass is 438 g/mol. The van der Waals surface area contributed by atoms with E-state index in [2.05, 4.69) is 21.7 Å². The molecule has 0 saturated heterocycles. The van der Waals surface area contributed by atoms with E-state index in [-0.39, 0.29) is 11.4 Å². The van der Waals surface area contributed by atoms with Crippen LogP contribution >= 0.6 is 0 Å². The fraction of sp³-hybridized carbons (Fsp3) is 0.148. The molecule has 5 nitrogen and oxygen atoms in total. The van der Waals surface area contributed by atoms with Gasteiger partial charge in [-0.2, -0.15) is 0 Å². The van der Waals surface area contributed by atoms with Crippen LogP contribution in [0.1, 0.15) is 17.7 Å². The van der Waals surface area contributed by atoms with E-state index in [4.69, 9.17) is 4.98 Å². The normalized spacial score (nSPS) is 11.2. The lowest BCUT2D eigenvalue weighted by molar-refractivity contribution is 0.628. The minimum atomic E-state index is -0.348. The molecular formula is C27H23FN4O. The highest BCUT2D eigenvalue weighted by molar-refractivity contribution is 5.81. The fourth-order valence-corrected chi connectivity index (χ4v) is 4.20. The van der Waals surface area contributed by atoms with E-state index in [0.29, 0.717) is 22.6 Å². The van der Waals surface area contributed by atoms with Gasteiger partial charge in [0.15, 0.2) is 0 Å². The Morgan fingerprint density at radius 3 is 2.36 bits per heavy atom. The molecule has 2 aromatic carbocycles. The zero-order chi connectivity index (χ0) is 22.8. The van der Waals surface area contributed by atoms with Gasteiger partial charge in [-0.3, -0.25) is 14.2 Å². The topological polar surface area (TPSA) is 52.2 Å². The number of benzene rings is 2. The van der Waals surface area contributed by atoms with E-state index in [1.54, 1.807) is 28.9 Å². The zero-order valence-corrected chi connectivity index (χ0v) is 18.3. The van der Waals surface area contributed by atoms with Crippen LogP contribution in [0.5, 0.6) is 0 Å². The minimum Gasteiger partial charge on any atom is -0.314 e. The molecule has 0 amide bonds. The lowest BCUT2D eigenvalue weighted by Crippen LogP contribution is -2.18. The van der Waals surface area contributed by atoms with E-state index in [1.165, 1.54) is 17.7 Å². The van der Waals surface area contributed by atoms with Gasteiger partial charge in [-0.15, -0.1) is 0 Å².